The SMILES string of the molecule is NCc1ccc(CN2CCCCS2(=O)=O)cc1. The third-order valence-electron chi connectivity index (χ3n) is 3.07. The van der Waals surface area contributed by atoms with E-state index in [-0.39, 0.29) is 5.75 Å². The van der Waals surface area contributed by atoms with Crippen LogP contribution in [0.5, 0.6) is 0 Å². The van der Waals surface area contributed by atoms with E-state index in [2.05, 4.69) is 0 Å². The normalized spacial score (nSPS) is 20.3. The van der Waals surface area contributed by atoms with Crippen LogP contribution in [0.1, 0.15) is 24.0 Å². The standard InChI is InChI=1S/C12H18N2O2S/c13-9-11-3-5-12(6-4-11)10-14-7-1-2-8-17(14,15)16/h3-6H,1-2,7-10,13H2. The van der Waals surface area contributed by atoms with Gasteiger partial charge in [-0.1, -0.05) is 24.3 Å². The molecule has 0 atom stereocenters. The maximum atomic E-state index is 11.8. The first-order valence-electron chi connectivity index (χ1n) is 5.87. The van der Waals surface area contributed by atoms with Crippen LogP contribution in [0.2, 0.25) is 0 Å². The first-order chi connectivity index (χ1) is 8.12. The Kier molecular flexibility index (Phi) is 3.81. The minimum atomic E-state index is -3.03. The second-order valence-electron chi connectivity index (χ2n) is 4.38. The van der Waals surface area contributed by atoms with E-state index in [9.17, 15) is 8.42 Å². The zero-order chi connectivity index (χ0) is 12.3. The molecule has 1 aromatic carbocycles. The predicted octanol–water partition coefficient (Wildman–Crippen LogP) is 1.07. The smallest absolute Gasteiger partial charge is 0.214 e. The zero-order valence-electron chi connectivity index (χ0n) is 9.80. The summed E-state index contributed by atoms with van der Waals surface area (Å²) in [6.07, 6.45) is 1.74. The second-order valence-corrected chi connectivity index (χ2v) is 6.47. The van der Waals surface area contributed by atoms with Crippen LogP contribution in [0.15, 0.2) is 24.3 Å². The lowest BCUT2D eigenvalue weighted by Gasteiger charge is -2.26. The van der Waals surface area contributed by atoms with Crippen LogP contribution < -0.4 is 5.73 Å². The van der Waals surface area contributed by atoms with Crippen molar-refractivity contribution in [2.45, 2.75) is 25.9 Å². The molecule has 2 rings (SSSR count). The Morgan fingerprint density at radius 2 is 1.76 bits per heavy atom. The van der Waals surface area contributed by atoms with E-state index in [0.29, 0.717) is 19.6 Å². The van der Waals surface area contributed by atoms with Crippen molar-refractivity contribution in [1.29, 1.82) is 0 Å². The van der Waals surface area contributed by atoms with Crippen LogP contribution in [0.25, 0.3) is 0 Å². The van der Waals surface area contributed by atoms with E-state index in [4.69, 9.17) is 5.73 Å². The number of nitrogens with two attached hydrogens (primary N) is 1. The lowest BCUT2D eigenvalue weighted by Crippen LogP contribution is -2.37. The number of nitrogens with zero attached hydrogens (tertiary/aromatic N) is 1. The highest BCUT2D eigenvalue weighted by atomic mass is 32.2. The summed E-state index contributed by atoms with van der Waals surface area (Å²) in [7, 11) is -3.03. The van der Waals surface area contributed by atoms with Gasteiger partial charge in [0.25, 0.3) is 0 Å². The molecule has 0 radical (unpaired) electrons. The van der Waals surface area contributed by atoms with Gasteiger partial charge in [0.2, 0.25) is 10.0 Å². The fourth-order valence-electron chi connectivity index (χ4n) is 2.00. The summed E-state index contributed by atoms with van der Waals surface area (Å²) in [5.74, 6) is 0.286. The summed E-state index contributed by atoms with van der Waals surface area (Å²) in [5.41, 5.74) is 7.61. The molecule has 0 aliphatic carbocycles. The van der Waals surface area contributed by atoms with Gasteiger partial charge in [0.05, 0.1) is 5.75 Å². The van der Waals surface area contributed by atoms with Crippen LogP contribution in [0.3, 0.4) is 0 Å². The van der Waals surface area contributed by atoms with Crippen LogP contribution in [-0.2, 0) is 23.1 Å². The van der Waals surface area contributed by atoms with E-state index < -0.39 is 10.0 Å². The molecule has 1 saturated heterocycles. The van der Waals surface area contributed by atoms with Gasteiger partial charge in [0.15, 0.2) is 0 Å². The summed E-state index contributed by atoms with van der Waals surface area (Å²) >= 11 is 0. The lowest BCUT2D eigenvalue weighted by atomic mass is 10.1. The van der Waals surface area contributed by atoms with Gasteiger partial charge in [-0.15, -0.1) is 0 Å². The van der Waals surface area contributed by atoms with Gasteiger partial charge in [-0.2, -0.15) is 4.31 Å². The number of benzene rings is 1. The van der Waals surface area contributed by atoms with Crippen molar-refractivity contribution in [3.63, 3.8) is 0 Å². The van der Waals surface area contributed by atoms with Crippen LogP contribution in [0, 0.1) is 0 Å². The lowest BCUT2D eigenvalue weighted by molar-refractivity contribution is 0.378. The molecule has 0 saturated carbocycles. The Balaban J connectivity index is 2.09. The average Bonchev–Trinajstić information content (AvgIpc) is 2.33. The molecular formula is C12H18N2O2S. The quantitative estimate of drug-likeness (QED) is 0.877. The highest BCUT2D eigenvalue weighted by molar-refractivity contribution is 7.89. The van der Waals surface area contributed by atoms with Crippen molar-refractivity contribution in [3.8, 4) is 0 Å². The number of rotatable bonds is 3. The van der Waals surface area contributed by atoms with Crippen molar-refractivity contribution in [3.05, 3.63) is 35.4 Å². The third-order valence-corrected chi connectivity index (χ3v) is 4.97. The van der Waals surface area contributed by atoms with Gasteiger partial charge >= 0.3 is 0 Å². The summed E-state index contributed by atoms with van der Waals surface area (Å²) in [4.78, 5) is 0. The Labute approximate surface area is 102 Å². The van der Waals surface area contributed by atoms with E-state index in [1.807, 2.05) is 24.3 Å². The van der Waals surface area contributed by atoms with Crippen molar-refractivity contribution in [1.82, 2.24) is 4.31 Å². The fraction of sp³-hybridized carbons (Fsp3) is 0.500. The van der Waals surface area contributed by atoms with E-state index in [1.54, 1.807) is 4.31 Å². The van der Waals surface area contributed by atoms with Gasteiger partial charge in [-0.25, -0.2) is 8.42 Å². The molecule has 2 N–H and O–H groups in total. The Morgan fingerprint density at radius 1 is 1.12 bits per heavy atom. The highest BCUT2D eigenvalue weighted by Crippen LogP contribution is 2.17. The Morgan fingerprint density at radius 3 is 2.35 bits per heavy atom. The second kappa shape index (κ2) is 5.16. The van der Waals surface area contributed by atoms with Crippen LogP contribution in [-0.4, -0.2) is 25.0 Å². The molecule has 0 spiro atoms. The molecule has 17 heavy (non-hydrogen) atoms. The summed E-state index contributed by atoms with van der Waals surface area (Å²) in [6, 6.07) is 7.80. The monoisotopic (exact) mass is 254 g/mol. The molecule has 0 bridgehead atoms. The van der Waals surface area contributed by atoms with E-state index >= 15 is 0 Å². The predicted molar refractivity (Wildman–Crippen MR) is 67.8 cm³/mol. The Hall–Kier alpha value is -0.910. The fourth-order valence-corrected chi connectivity index (χ4v) is 3.58. The molecule has 5 heteroatoms. The van der Waals surface area contributed by atoms with E-state index in [1.165, 1.54) is 0 Å². The maximum absolute atomic E-state index is 11.8. The first kappa shape index (κ1) is 12.5. The maximum Gasteiger partial charge on any atom is 0.214 e. The topological polar surface area (TPSA) is 63.4 Å². The molecular weight excluding hydrogens is 236 g/mol. The molecule has 94 valence electrons. The van der Waals surface area contributed by atoms with Crippen molar-refractivity contribution in [2.24, 2.45) is 5.73 Å². The number of hydrogen-bond acceptors (Lipinski definition) is 3. The summed E-state index contributed by atoms with van der Waals surface area (Å²) < 4.78 is 25.2. The number of hydrogen-bond donors (Lipinski definition) is 1. The van der Waals surface area contributed by atoms with E-state index in [0.717, 1.165) is 24.0 Å². The third kappa shape index (κ3) is 3.06. The molecule has 0 aromatic heterocycles. The average molecular weight is 254 g/mol. The highest BCUT2D eigenvalue weighted by Gasteiger charge is 2.25. The molecule has 1 aliphatic rings. The van der Waals surface area contributed by atoms with Gasteiger partial charge in [0, 0.05) is 19.6 Å². The Bertz CT molecular complexity index is 468. The molecule has 1 heterocycles. The van der Waals surface area contributed by atoms with Crippen molar-refractivity contribution >= 4 is 10.0 Å². The van der Waals surface area contributed by atoms with Crippen molar-refractivity contribution < 1.29 is 8.42 Å². The van der Waals surface area contributed by atoms with Gasteiger partial charge < -0.3 is 5.73 Å². The minimum Gasteiger partial charge on any atom is -0.326 e. The summed E-state index contributed by atoms with van der Waals surface area (Å²) in [5, 5.41) is 0. The zero-order valence-corrected chi connectivity index (χ0v) is 10.6. The summed E-state index contributed by atoms with van der Waals surface area (Å²) in [6.45, 7) is 1.64. The van der Waals surface area contributed by atoms with Gasteiger partial charge in [-0.3, -0.25) is 0 Å². The molecule has 1 fully saturated rings. The molecule has 1 aromatic rings. The van der Waals surface area contributed by atoms with Crippen LogP contribution in [0.4, 0.5) is 0 Å². The first-order valence-corrected chi connectivity index (χ1v) is 7.48. The van der Waals surface area contributed by atoms with Gasteiger partial charge in [0.1, 0.15) is 0 Å². The van der Waals surface area contributed by atoms with Gasteiger partial charge in [-0.05, 0) is 24.0 Å². The van der Waals surface area contributed by atoms with Crippen LogP contribution >= 0.6 is 0 Å². The largest absolute Gasteiger partial charge is 0.326 e. The molecule has 4 nitrogen and oxygen atoms in total. The molecule has 0 unspecified atom stereocenters. The molecule has 0 amide bonds. The number of sulfonamides is 1. The minimum absolute atomic E-state index is 0.286. The van der Waals surface area contributed by atoms with Crippen molar-refractivity contribution in [2.75, 3.05) is 12.3 Å². The molecule has 1 aliphatic heterocycles.